The van der Waals surface area contributed by atoms with E-state index in [9.17, 15) is 9.18 Å². The molecule has 20 heavy (non-hydrogen) atoms. The standard InChI is InChI=1S/C12H15FN4OS2/c1-14-12(18)16(2)17-15-7-11(20-17)19-8-9-4-3-5-10(13)6-9/h3-7,15H,8H2,1-2H3,(H,14,18). The van der Waals surface area contributed by atoms with Crippen LogP contribution in [0.3, 0.4) is 0 Å². The maximum Gasteiger partial charge on any atom is 0.333 e. The smallest absolute Gasteiger partial charge is 0.333 e. The third-order valence-corrected chi connectivity index (χ3v) is 4.80. The molecule has 1 aromatic rings. The molecule has 0 spiro atoms. The zero-order valence-electron chi connectivity index (χ0n) is 11.1. The summed E-state index contributed by atoms with van der Waals surface area (Å²) in [5, 5.41) is 3.97. The molecular formula is C12H15FN4OS2. The van der Waals surface area contributed by atoms with Crippen LogP contribution in [0.4, 0.5) is 9.18 Å². The SMILES string of the molecule is CNC(=O)N(C)N1NC=C(SCc2cccc(F)c2)S1. The minimum absolute atomic E-state index is 0.213. The third-order valence-electron chi connectivity index (χ3n) is 2.52. The van der Waals surface area contributed by atoms with Gasteiger partial charge in [-0.15, -0.1) is 11.8 Å². The molecule has 2 amide bonds. The number of urea groups is 1. The fourth-order valence-electron chi connectivity index (χ4n) is 1.49. The zero-order valence-corrected chi connectivity index (χ0v) is 12.7. The normalized spacial score (nSPS) is 14.7. The van der Waals surface area contributed by atoms with Crippen molar-refractivity contribution in [2.45, 2.75) is 5.75 Å². The molecule has 0 aliphatic carbocycles. The summed E-state index contributed by atoms with van der Waals surface area (Å²) in [5.41, 5.74) is 3.90. The molecule has 0 bridgehead atoms. The fraction of sp³-hybridized carbons (Fsp3) is 0.250. The highest BCUT2D eigenvalue weighted by Crippen LogP contribution is 2.36. The molecule has 1 aliphatic rings. The summed E-state index contributed by atoms with van der Waals surface area (Å²) in [5.74, 6) is 0.450. The Labute approximate surface area is 125 Å². The van der Waals surface area contributed by atoms with Crippen LogP contribution in [0.5, 0.6) is 0 Å². The van der Waals surface area contributed by atoms with Crippen molar-refractivity contribution in [2.75, 3.05) is 14.1 Å². The van der Waals surface area contributed by atoms with E-state index in [2.05, 4.69) is 10.7 Å². The largest absolute Gasteiger partial charge is 0.340 e. The Morgan fingerprint density at radius 1 is 1.60 bits per heavy atom. The number of carbonyl (C=O) groups excluding carboxylic acids is 1. The molecule has 1 aromatic carbocycles. The van der Waals surface area contributed by atoms with Crippen molar-refractivity contribution in [3.8, 4) is 0 Å². The number of halogens is 1. The van der Waals surface area contributed by atoms with Crippen LogP contribution in [0.2, 0.25) is 0 Å². The molecule has 2 N–H and O–H groups in total. The van der Waals surface area contributed by atoms with Gasteiger partial charge < -0.3 is 5.32 Å². The van der Waals surface area contributed by atoms with Crippen LogP contribution < -0.4 is 10.7 Å². The van der Waals surface area contributed by atoms with Gasteiger partial charge in [-0.2, -0.15) is 0 Å². The van der Waals surface area contributed by atoms with E-state index in [1.807, 2.05) is 12.3 Å². The lowest BCUT2D eigenvalue weighted by atomic mass is 10.2. The first-order valence-corrected chi connectivity index (χ1v) is 7.63. The topological polar surface area (TPSA) is 47.6 Å². The average Bonchev–Trinajstić information content (AvgIpc) is 2.92. The molecule has 0 radical (unpaired) electrons. The molecule has 108 valence electrons. The average molecular weight is 314 g/mol. The number of hydrazine groups is 2. The minimum Gasteiger partial charge on any atom is -0.340 e. The van der Waals surface area contributed by atoms with Gasteiger partial charge in [-0.25, -0.2) is 14.2 Å². The van der Waals surface area contributed by atoms with Crippen LogP contribution >= 0.6 is 23.7 Å². The van der Waals surface area contributed by atoms with Crippen molar-refractivity contribution in [1.29, 1.82) is 0 Å². The Hall–Kier alpha value is -1.38. The summed E-state index contributed by atoms with van der Waals surface area (Å²) in [6, 6.07) is 6.33. The van der Waals surface area contributed by atoms with Crippen molar-refractivity contribution in [3.05, 3.63) is 46.1 Å². The lowest BCUT2D eigenvalue weighted by Gasteiger charge is -2.25. The van der Waals surface area contributed by atoms with E-state index in [-0.39, 0.29) is 11.8 Å². The molecule has 0 saturated carbocycles. The van der Waals surface area contributed by atoms with Crippen molar-refractivity contribution in [3.63, 3.8) is 0 Å². The van der Waals surface area contributed by atoms with E-state index in [4.69, 9.17) is 0 Å². The zero-order chi connectivity index (χ0) is 14.5. The summed E-state index contributed by atoms with van der Waals surface area (Å²) < 4.78 is 15.7. The summed E-state index contributed by atoms with van der Waals surface area (Å²) in [6.45, 7) is 0. The van der Waals surface area contributed by atoms with E-state index in [0.29, 0.717) is 5.75 Å². The Morgan fingerprint density at radius 3 is 3.10 bits per heavy atom. The number of rotatable bonds is 4. The van der Waals surface area contributed by atoms with E-state index >= 15 is 0 Å². The van der Waals surface area contributed by atoms with Crippen LogP contribution in [0.1, 0.15) is 5.56 Å². The first-order valence-electron chi connectivity index (χ1n) is 5.87. The van der Waals surface area contributed by atoms with Crippen LogP contribution in [0, 0.1) is 5.82 Å². The molecule has 0 saturated heterocycles. The van der Waals surface area contributed by atoms with Crippen LogP contribution in [0.25, 0.3) is 0 Å². The molecule has 0 unspecified atom stereocenters. The second-order valence-corrected chi connectivity index (χ2v) is 6.20. The Balaban J connectivity index is 1.83. The molecule has 0 fully saturated rings. The van der Waals surface area contributed by atoms with Crippen molar-refractivity contribution in [1.82, 2.24) is 20.3 Å². The third kappa shape index (κ3) is 3.81. The van der Waals surface area contributed by atoms with Crippen molar-refractivity contribution >= 4 is 29.7 Å². The molecule has 2 rings (SSSR count). The maximum atomic E-state index is 13.1. The minimum atomic E-state index is -0.227. The highest BCUT2D eigenvalue weighted by molar-refractivity contribution is 8.21. The van der Waals surface area contributed by atoms with Crippen LogP contribution in [0.15, 0.2) is 34.7 Å². The van der Waals surface area contributed by atoms with Gasteiger partial charge in [0.15, 0.2) is 0 Å². The molecule has 1 heterocycles. The highest BCUT2D eigenvalue weighted by Gasteiger charge is 2.22. The van der Waals surface area contributed by atoms with Crippen molar-refractivity contribution in [2.24, 2.45) is 0 Å². The van der Waals surface area contributed by atoms with Gasteiger partial charge >= 0.3 is 6.03 Å². The second-order valence-electron chi connectivity index (χ2n) is 3.95. The number of nitrogens with one attached hydrogen (secondary N) is 2. The van der Waals surface area contributed by atoms with Gasteiger partial charge in [-0.1, -0.05) is 16.7 Å². The molecule has 0 aromatic heterocycles. The van der Waals surface area contributed by atoms with Crippen LogP contribution in [-0.4, -0.2) is 29.7 Å². The summed E-state index contributed by atoms with van der Waals surface area (Å²) >= 11 is 2.98. The number of hydrogen-bond acceptors (Lipinski definition) is 5. The van der Waals surface area contributed by atoms with Gasteiger partial charge in [0.2, 0.25) is 0 Å². The first kappa shape index (κ1) is 15.0. The lowest BCUT2D eigenvalue weighted by molar-refractivity contribution is 0.106. The first-order chi connectivity index (χ1) is 9.60. The second kappa shape index (κ2) is 6.87. The van der Waals surface area contributed by atoms with Gasteiger partial charge in [0.1, 0.15) is 5.82 Å². The molecular weight excluding hydrogens is 299 g/mol. The maximum absolute atomic E-state index is 13.1. The van der Waals surface area contributed by atoms with Crippen LogP contribution in [-0.2, 0) is 5.75 Å². The summed E-state index contributed by atoms with van der Waals surface area (Å²) in [7, 11) is 3.24. The monoisotopic (exact) mass is 314 g/mol. The lowest BCUT2D eigenvalue weighted by Crippen LogP contribution is -2.47. The molecule has 1 aliphatic heterocycles. The number of amides is 2. The van der Waals surface area contributed by atoms with Gasteiger partial charge in [0.25, 0.3) is 0 Å². The van der Waals surface area contributed by atoms with Gasteiger partial charge in [-0.3, -0.25) is 5.43 Å². The Kier molecular flexibility index (Phi) is 5.16. The number of hydrogen-bond donors (Lipinski definition) is 2. The van der Waals surface area contributed by atoms with E-state index < -0.39 is 0 Å². The van der Waals surface area contributed by atoms with Gasteiger partial charge in [0.05, 0.1) is 4.24 Å². The Morgan fingerprint density at radius 2 is 2.40 bits per heavy atom. The number of carbonyl (C=O) groups is 1. The number of benzene rings is 1. The van der Waals surface area contributed by atoms with Gasteiger partial charge in [0, 0.05) is 38.0 Å². The predicted molar refractivity (Wildman–Crippen MR) is 80.6 cm³/mol. The van der Waals surface area contributed by atoms with Crippen molar-refractivity contribution < 1.29 is 9.18 Å². The molecule has 5 nitrogen and oxygen atoms in total. The summed E-state index contributed by atoms with van der Waals surface area (Å²) in [4.78, 5) is 11.5. The predicted octanol–water partition coefficient (Wildman–Crippen LogP) is 2.51. The van der Waals surface area contributed by atoms with E-state index in [1.54, 1.807) is 36.4 Å². The fourth-order valence-corrected chi connectivity index (χ4v) is 3.29. The molecule has 0 atom stereocenters. The van der Waals surface area contributed by atoms with E-state index in [0.717, 1.165) is 9.80 Å². The number of nitrogens with zero attached hydrogens (tertiary/aromatic N) is 2. The Bertz CT molecular complexity index is 526. The highest BCUT2D eigenvalue weighted by atomic mass is 32.2. The number of thioether (sulfide) groups is 1. The van der Waals surface area contributed by atoms with E-state index in [1.165, 1.54) is 29.1 Å². The quantitative estimate of drug-likeness (QED) is 0.836. The van der Waals surface area contributed by atoms with Gasteiger partial charge in [-0.05, 0) is 17.7 Å². The summed E-state index contributed by atoms with van der Waals surface area (Å²) in [6.07, 6.45) is 1.81. The molecule has 8 heteroatoms.